The smallest absolute Gasteiger partial charge is 0.313 e. The summed E-state index contributed by atoms with van der Waals surface area (Å²) >= 11 is 0. The molecule has 0 bridgehead atoms. The lowest BCUT2D eigenvalue weighted by atomic mass is 10.1. The van der Waals surface area contributed by atoms with Gasteiger partial charge in [0.2, 0.25) is 6.29 Å². The van der Waals surface area contributed by atoms with E-state index in [0.29, 0.717) is 12.0 Å². The minimum absolute atomic E-state index is 0.470. The Kier molecular flexibility index (Phi) is 3.37. The number of benzene rings is 1. The van der Waals surface area contributed by atoms with Crippen molar-refractivity contribution < 1.29 is 27.7 Å². The Morgan fingerprint density at radius 1 is 1.12 bits per heavy atom. The van der Waals surface area contributed by atoms with Crippen LogP contribution in [-0.4, -0.2) is 6.29 Å². The molecule has 2 unspecified atom stereocenters. The van der Waals surface area contributed by atoms with Crippen LogP contribution < -0.4 is 0 Å². The van der Waals surface area contributed by atoms with Crippen LogP contribution in [0.4, 0.5) is 13.2 Å². The van der Waals surface area contributed by atoms with E-state index in [9.17, 15) is 13.2 Å². The highest BCUT2D eigenvalue weighted by Crippen LogP contribution is 2.33. The van der Waals surface area contributed by atoms with Crippen molar-refractivity contribution in [3.8, 4) is 0 Å². The van der Waals surface area contributed by atoms with Gasteiger partial charge in [0, 0.05) is 5.56 Å². The zero-order valence-corrected chi connectivity index (χ0v) is 9.03. The molecule has 0 aromatic heterocycles. The summed E-state index contributed by atoms with van der Waals surface area (Å²) in [4.78, 5) is 9.69. The number of rotatable bonds is 2. The summed E-state index contributed by atoms with van der Waals surface area (Å²) in [5.41, 5.74) is -0.207. The average Bonchev–Trinajstić information content (AvgIpc) is 2.76. The van der Waals surface area contributed by atoms with E-state index in [4.69, 9.17) is 14.5 Å². The molecule has 2 atom stereocenters. The first-order valence-electron chi connectivity index (χ1n) is 5.15. The second-order valence-electron chi connectivity index (χ2n) is 3.62. The van der Waals surface area contributed by atoms with Gasteiger partial charge in [-0.25, -0.2) is 4.89 Å². The van der Waals surface area contributed by atoms with E-state index < -0.39 is 24.3 Å². The summed E-state index contributed by atoms with van der Waals surface area (Å²) in [5, 5.41) is 0. The minimum atomic E-state index is -4.33. The average molecular weight is 248 g/mol. The fourth-order valence-corrected chi connectivity index (χ4v) is 1.42. The van der Waals surface area contributed by atoms with Gasteiger partial charge in [0.15, 0.2) is 6.29 Å². The van der Waals surface area contributed by atoms with Gasteiger partial charge in [-0.05, 0) is 18.6 Å². The quantitative estimate of drug-likeness (QED) is 0.750. The maximum atomic E-state index is 12.3. The summed E-state index contributed by atoms with van der Waals surface area (Å²) in [6.45, 7) is 1.85. The van der Waals surface area contributed by atoms with Crippen molar-refractivity contribution in [1.29, 1.82) is 0 Å². The molecule has 1 aromatic rings. The highest BCUT2D eigenvalue weighted by atomic mass is 19.4. The summed E-state index contributed by atoms with van der Waals surface area (Å²) in [6.07, 6.45) is -4.96. The van der Waals surface area contributed by atoms with Crippen LogP contribution in [0.3, 0.4) is 0 Å². The van der Waals surface area contributed by atoms with Gasteiger partial charge in [0.05, 0.1) is 5.56 Å². The second kappa shape index (κ2) is 4.64. The molecule has 1 heterocycles. The molecule has 3 nitrogen and oxygen atoms in total. The van der Waals surface area contributed by atoms with Crippen LogP contribution in [0.25, 0.3) is 0 Å². The molecule has 0 aliphatic carbocycles. The van der Waals surface area contributed by atoms with E-state index in [1.807, 2.05) is 6.92 Å². The van der Waals surface area contributed by atoms with Crippen molar-refractivity contribution >= 4 is 0 Å². The number of halogens is 3. The SMILES string of the molecule is CCC1OOC(c2ccc(C(F)(F)F)cc2)O1. The van der Waals surface area contributed by atoms with E-state index in [2.05, 4.69) is 0 Å². The first-order valence-corrected chi connectivity index (χ1v) is 5.15. The topological polar surface area (TPSA) is 27.7 Å². The Bertz CT molecular complexity index is 375. The molecule has 1 aromatic carbocycles. The number of hydrogen-bond acceptors (Lipinski definition) is 3. The van der Waals surface area contributed by atoms with Crippen LogP contribution >= 0.6 is 0 Å². The van der Waals surface area contributed by atoms with Crippen LogP contribution in [0.5, 0.6) is 0 Å². The third-order valence-electron chi connectivity index (χ3n) is 2.37. The lowest BCUT2D eigenvalue weighted by Crippen LogP contribution is -2.07. The van der Waals surface area contributed by atoms with Crippen LogP contribution in [0.2, 0.25) is 0 Å². The van der Waals surface area contributed by atoms with Gasteiger partial charge in [0.25, 0.3) is 0 Å². The lowest BCUT2D eigenvalue weighted by molar-refractivity contribution is -0.298. The van der Waals surface area contributed by atoms with E-state index in [1.165, 1.54) is 12.1 Å². The van der Waals surface area contributed by atoms with Gasteiger partial charge >= 0.3 is 6.18 Å². The fraction of sp³-hybridized carbons (Fsp3) is 0.455. The Labute approximate surface area is 96.0 Å². The van der Waals surface area contributed by atoms with Crippen molar-refractivity contribution in [3.05, 3.63) is 35.4 Å². The van der Waals surface area contributed by atoms with E-state index in [0.717, 1.165) is 12.1 Å². The fourth-order valence-electron chi connectivity index (χ4n) is 1.42. The van der Waals surface area contributed by atoms with Crippen LogP contribution in [0.1, 0.15) is 30.8 Å². The predicted molar refractivity (Wildman–Crippen MR) is 51.5 cm³/mol. The monoisotopic (exact) mass is 248 g/mol. The molecule has 17 heavy (non-hydrogen) atoms. The van der Waals surface area contributed by atoms with Gasteiger partial charge in [-0.2, -0.15) is 18.1 Å². The molecule has 6 heteroatoms. The molecule has 0 amide bonds. The Hall–Kier alpha value is -1.11. The van der Waals surface area contributed by atoms with Crippen molar-refractivity contribution in [2.24, 2.45) is 0 Å². The normalized spacial score (nSPS) is 25.2. The molecule has 2 rings (SSSR count). The lowest BCUT2D eigenvalue weighted by Gasteiger charge is -2.10. The predicted octanol–water partition coefficient (Wildman–Crippen LogP) is 3.42. The van der Waals surface area contributed by atoms with Gasteiger partial charge < -0.3 is 4.74 Å². The van der Waals surface area contributed by atoms with Crippen LogP contribution in [0.15, 0.2) is 24.3 Å². The molecule has 0 spiro atoms. The molecule has 94 valence electrons. The van der Waals surface area contributed by atoms with Gasteiger partial charge in [0.1, 0.15) is 0 Å². The van der Waals surface area contributed by atoms with Crippen LogP contribution in [0, 0.1) is 0 Å². The molecule has 0 N–H and O–H groups in total. The largest absolute Gasteiger partial charge is 0.416 e. The Balaban J connectivity index is 2.09. The summed E-state index contributed by atoms with van der Waals surface area (Å²) in [6, 6.07) is 4.60. The first kappa shape index (κ1) is 12.3. The summed E-state index contributed by atoms with van der Waals surface area (Å²) in [7, 11) is 0. The molecular weight excluding hydrogens is 237 g/mol. The van der Waals surface area contributed by atoms with E-state index in [-0.39, 0.29) is 0 Å². The van der Waals surface area contributed by atoms with Crippen molar-refractivity contribution in [3.63, 3.8) is 0 Å². The Morgan fingerprint density at radius 3 is 2.24 bits per heavy atom. The first-order chi connectivity index (χ1) is 8.00. The van der Waals surface area contributed by atoms with Crippen molar-refractivity contribution in [2.75, 3.05) is 0 Å². The molecule has 1 saturated heterocycles. The molecule has 1 aliphatic rings. The standard InChI is InChI=1S/C11H11F3O3/c1-2-9-15-10(17-16-9)7-3-5-8(6-4-7)11(12,13)14/h3-6,9-10H,2H2,1H3. The third kappa shape index (κ3) is 2.77. The maximum Gasteiger partial charge on any atom is 0.416 e. The number of hydrogen-bond donors (Lipinski definition) is 0. The third-order valence-corrected chi connectivity index (χ3v) is 2.37. The zero-order valence-electron chi connectivity index (χ0n) is 9.03. The highest BCUT2D eigenvalue weighted by molar-refractivity contribution is 5.25. The zero-order chi connectivity index (χ0) is 12.5. The van der Waals surface area contributed by atoms with Crippen molar-refractivity contribution in [1.82, 2.24) is 0 Å². The second-order valence-corrected chi connectivity index (χ2v) is 3.62. The van der Waals surface area contributed by atoms with Gasteiger partial charge in [-0.1, -0.05) is 19.1 Å². The van der Waals surface area contributed by atoms with Crippen LogP contribution in [-0.2, 0) is 20.7 Å². The minimum Gasteiger partial charge on any atom is -0.313 e. The van der Waals surface area contributed by atoms with Gasteiger partial charge in [-0.15, -0.1) is 0 Å². The summed E-state index contributed by atoms with van der Waals surface area (Å²) < 4.78 is 42.3. The Morgan fingerprint density at radius 2 is 1.76 bits per heavy atom. The number of alkyl halides is 3. The van der Waals surface area contributed by atoms with E-state index in [1.54, 1.807) is 0 Å². The molecule has 0 saturated carbocycles. The highest BCUT2D eigenvalue weighted by Gasteiger charge is 2.32. The van der Waals surface area contributed by atoms with Crippen molar-refractivity contribution in [2.45, 2.75) is 32.1 Å². The number of ether oxygens (including phenoxy) is 1. The molecule has 0 radical (unpaired) electrons. The maximum absolute atomic E-state index is 12.3. The van der Waals surface area contributed by atoms with Gasteiger partial charge in [-0.3, -0.25) is 0 Å². The summed E-state index contributed by atoms with van der Waals surface area (Å²) in [5.74, 6) is 0. The molecule has 1 fully saturated rings. The van der Waals surface area contributed by atoms with E-state index >= 15 is 0 Å². The molecule has 1 aliphatic heterocycles. The molecular formula is C11H11F3O3.